The average molecular weight is 239 g/mol. The summed E-state index contributed by atoms with van der Waals surface area (Å²) in [7, 11) is 1.58. The standard InChI is InChI=1S/C12H15ClN2O/c1-3-12(8-14,9-16-2)15-11-6-4-5-10(13)7-11/h4-7,15H,3,9H2,1-2H3. The van der Waals surface area contributed by atoms with E-state index in [2.05, 4.69) is 11.4 Å². The van der Waals surface area contributed by atoms with Gasteiger partial charge in [-0.3, -0.25) is 0 Å². The quantitative estimate of drug-likeness (QED) is 0.858. The SMILES string of the molecule is CCC(C#N)(COC)Nc1cccc(Cl)c1. The molecule has 0 fully saturated rings. The first kappa shape index (κ1) is 12.8. The van der Waals surface area contributed by atoms with Crippen LogP contribution in [-0.2, 0) is 4.74 Å². The third kappa shape index (κ3) is 3.13. The van der Waals surface area contributed by atoms with E-state index in [1.54, 1.807) is 19.2 Å². The van der Waals surface area contributed by atoms with E-state index in [1.165, 1.54) is 0 Å². The maximum absolute atomic E-state index is 9.21. The van der Waals surface area contributed by atoms with Crippen LogP contribution >= 0.6 is 11.6 Å². The lowest BCUT2D eigenvalue weighted by Crippen LogP contribution is -2.40. The van der Waals surface area contributed by atoms with E-state index in [4.69, 9.17) is 16.3 Å². The maximum atomic E-state index is 9.21. The summed E-state index contributed by atoms with van der Waals surface area (Å²) in [5.41, 5.74) is 0.132. The summed E-state index contributed by atoms with van der Waals surface area (Å²) in [6, 6.07) is 9.56. The van der Waals surface area contributed by atoms with Crippen LogP contribution in [0.25, 0.3) is 0 Å². The van der Waals surface area contributed by atoms with Crippen LogP contribution in [0, 0.1) is 11.3 Å². The van der Waals surface area contributed by atoms with Crippen LogP contribution in [0.1, 0.15) is 13.3 Å². The molecule has 0 spiro atoms. The van der Waals surface area contributed by atoms with Gasteiger partial charge in [-0.05, 0) is 24.6 Å². The molecule has 0 radical (unpaired) electrons. The van der Waals surface area contributed by atoms with Crippen molar-refractivity contribution in [1.82, 2.24) is 0 Å². The molecular weight excluding hydrogens is 224 g/mol. The average Bonchev–Trinajstić information content (AvgIpc) is 2.28. The summed E-state index contributed by atoms with van der Waals surface area (Å²) in [5, 5.41) is 13.0. The van der Waals surface area contributed by atoms with Crippen molar-refractivity contribution in [2.75, 3.05) is 19.0 Å². The topological polar surface area (TPSA) is 45.0 Å². The fraction of sp³-hybridized carbons (Fsp3) is 0.417. The van der Waals surface area contributed by atoms with Crippen molar-refractivity contribution in [2.45, 2.75) is 18.9 Å². The zero-order chi connectivity index (χ0) is 12.0. The number of nitrogens with zero attached hydrogens (tertiary/aromatic N) is 1. The van der Waals surface area contributed by atoms with E-state index in [-0.39, 0.29) is 0 Å². The van der Waals surface area contributed by atoms with Gasteiger partial charge < -0.3 is 10.1 Å². The lowest BCUT2D eigenvalue weighted by Gasteiger charge is -2.26. The molecule has 0 bridgehead atoms. The number of nitrogens with one attached hydrogen (secondary N) is 1. The molecule has 0 saturated carbocycles. The van der Waals surface area contributed by atoms with Crippen molar-refractivity contribution < 1.29 is 4.74 Å². The highest BCUT2D eigenvalue weighted by Gasteiger charge is 2.27. The lowest BCUT2D eigenvalue weighted by molar-refractivity contribution is 0.162. The molecule has 0 aliphatic rings. The zero-order valence-corrected chi connectivity index (χ0v) is 10.2. The Labute approximate surface area is 101 Å². The minimum atomic E-state index is -0.695. The molecule has 0 heterocycles. The number of hydrogen-bond donors (Lipinski definition) is 1. The molecule has 1 N–H and O–H groups in total. The van der Waals surface area contributed by atoms with Gasteiger partial charge >= 0.3 is 0 Å². The van der Waals surface area contributed by atoms with Crippen molar-refractivity contribution in [1.29, 1.82) is 5.26 Å². The highest BCUT2D eigenvalue weighted by Crippen LogP contribution is 2.21. The number of benzene rings is 1. The summed E-state index contributed by atoms with van der Waals surface area (Å²) in [4.78, 5) is 0. The monoisotopic (exact) mass is 238 g/mol. The molecule has 0 aliphatic heterocycles. The third-order valence-corrected chi connectivity index (χ3v) is 2.65. The van der Waals surface area contributed by atoms with Crippen LogP contribution in [-0.4, -0.2) is 19.3 Å². The first-order chi connectivity index (χ1) is 7.65. The Morgan fingerprint density at radius 1 is 1.56 bits per heavy atom. The van der Waals surface area contributed by atoms with Gasteiger partial charge in [-0.1, -0.05) is 24.6 Å². The van der Waals surface area contributed by atoms with E-state index in [9.17, 15) is 5.26 Å². The Kier molecular flexibility index (Phi) is 4.60. The Hall–Kier alpha value is -1.24. The number of ether oxygens (including phenoxy) is 1. The van der Waals surface area contributed by atoms with Crippen LogP contribution in [0.3, 0.4) is 0 Å². The van der Waals surface area contributed by atoms with Gasteiger partial charge in [0.1, 0.15) is 5.54 Å². The summed E-state index contributed by atoms with van der Waals surface area (Å²) in [6.45, 7) is 2.28. The smallest absolute Gasteiger partial charge is 0.148 e. The second kappa shape index (κ2) is 5.74. The van der Waals surface area contributed by atoms with Gasteiger partial charge in [0.25, 0.3) is 0 Å². The minimum Gasteiger partial charge on any atom is -0.381 e. The molecule has 0 saturated heterocycles. The van der Waals surface area contributed by atoms with Crippen LogP contribution in [0.4, 0.5) is 5.69 Å². The first-order valence-electron chi connectivity index (χ1n) is 5.10. The highest BCUT2D eigenvalue weighted by molar-refractivity contribution is 6.30. The fourth-order valence-electron chi connectivity index (χ4n) is 1.45. The molecule has 0 amide bonds. The van der Waals surface area contributed by atoms with Crippen molar-refractivity contribution in [3.05, 3.63) is 29.3 Å². The van der Waals surface area contributed by atoms with Crippen LogP contribution in [0.15, 0.2) is 24.3 Å². The van der Waals surface area contributed by atoms with E-state index in [0.29, 0.717) is 18.1 Å². The molecular formula is C12H15ClN2O. The molecule has 16 heavy (non-hydrogen) atoms. The summed E-state index contributed by atoms with van der Waals surface area (Å²) in [6.07, 6.45) is 0.657. The largest absolute Gasteiger partial charge is 0.381 e. The Morgan fingerprint density at radius 2 is 2.31 bits per heavy atom. The first-order valence-corrected chi connectivity index (χ1v) is 5.47. The molecule has 86 valence electrons. The Morgan fingerprint density at radius 3 is 2.81 bits per heavy atom. The van der Waals surface area contributed by atoms with E-state index in [0.717, 1.165) is 5.69 Å². The van der Waals surface area contributed by atoms with Gasteiger partial charge in [0, 0.05) is 17.8 Å². The number of nitriles is 1. The van der Waals surface area contributed by atoms with Crippen molar-refractivity contribution in [3.8, 4) is 6.07 Å². The normalized spacial score (nSPS) is 13.9. The second-order valence-electron chi connectivity index (χ2n) is 3.62. The van der Waals surface area contributed by atoms with Crippen LogP contribution < -0.4 is 5.32 Å². The van der Waals surface area contributed by atoms with E-state index >= 15 is 0 Å². The fourth-order valence-corrected chi connectivity index (χ4v) is 1.65. The van der Waals surface area contributed by atoms with Crippen LogP contribution in [0.5, 0.6) is 0 Å². The highest BCUT2D eigenvalue weighted by atomic mass is 35.5. The number of halogens is 1. The molecule has 0 aliphatic carbocycles. The zero-order valence-electron chi connectivity index (χ0n) is 9.46. The van der Waals surface area contributed by atoms with Crippen molar-refractivity contribution >= 4 is 17.3 Å². The van der Waals surface area contributed by atoms with Gasteiger partial charge in [0.2, 0.25) is 0 Å². The molecule has 4 heteroatoms. The number of anilines is 1. The van der Waals surface area contributed by atoms with Gasteiger partial charge in [-0.15, -0.1) is 0 Å². The van der Waals surface area contributed by atoms with Gasteiger partial charge in [-0.2, -0.15) is 5.26 Å². The summed E-state index contributed by atoms with van der Waals surface area (Å²) in [5.74, 6) is 0. The lowest BCUT2D eigenvalue weighted by atomic mass is 9.99. The second-order valence-corrected chi connectivity index (χ2v) is 4.05. The van der Waals surface area contributed by atoms with E-state index < -0.39 is 5.54 Å². The van der Waals surface area contributed by atoms with Crippen LogP contribution in [0.2, 0.25) is 5.02 Å². The molecule has 1 rings (SSSR count). The Bertz CT molecular complexity index is 389. The number of methoxy groups -OCH3 is 1. The Balaban J connectivity index is 2.88. The molecule has 1 aromatic carbocycles. The molecule has 1 unspecified atom stereocenters. The predicted molar refractivity (Wildman–Crippen MR) is 65.6 cm³/mol. The summed E-state index contributed by atoms with van der Waals surface area (Å²) >= 11 is 5.88. The summed E-state index contributed by atoms with van der Waals surface area (Å²) < 4.78 is 5.07. The predicted octanol–water partition coefficient (Wildman–Crippen LogP) is 3.07. The van der Waals surface area contributed by atoms with Crippen molar-refractivity contribution in [3.63, 3.8) is 0 Å². The molecule has 1 atom stereocenters. The van der Waals surface area contributed by atoms with Gasteiger partial charge in [-0.25, -0.2) is 0 Å². The molecule has 3 nitrogen and oxygen atoms in total. The maximum Gasteiger partial charge on any atom is 0.148 e. The van der Waals surface area contributed by atoms with Gasteiger partial charge in [0.15, 0.2) is 0 Å². The van der Waals surface area contributed by atoms with Crippen molar-refractivity contribution in [2.24, 2.45) is 0 Å². The minimum absolute atomic E-state index is 0.340. The van der Waals surface area contributed by atoms with E-state index in [1.807, 2.05) is 19.1 Å². The van der Waals surface area contributed by atoms with Gasteiger partial charge in [0.05, 0.1) is 12.7 Å². The molecule has 1 aromatic rings. The number of hydrogen-bond acceptors (Lipinski definition) is 3. The molecule has 0 aromatic heterocycles. The number of rotatable bonds is 5. The third-order valence-electron chi connectivity index (χ3n) is 2.42.